The Morgan fingerprint density at radius 2 is 1.88 bits per heavy atom. The number of hydrogen-bond donors (Lipinski definition) is 1. The molecule has 1 N–H and O–H groups in total. The predicted octanol–water partition coefficient (Wildman–Crippen LogP) is 4.44. The lowest BCUT2D eigenvalue weighted by Crippen LogP contribution is -2.27. The average Bonchev–Trinajstić information content (AvgIpc) is 3.05. The quantitative estimate of drug-likeness (QED) is 0.670. The molecule has 26 heavy (non-hydrogen) atoms. The summed E-state index contributed by atoms with van der Waals surface area (Å²) in [6.45, 7) is 9.49. The number of nitrogens with one attached hydrogen (secondary N) is 1. The Labute approximate surface area is 158 Å². The van der Waals surface area contributed by atoms with Gasteiger partial charge < -0.3 is 5.32 Å². The zero-order valence-corrected chi connectivity index (χ0v) is 16.7. The lowest BCUT2D eigenvalue weighted by molar-refractivity contribution is 0.408. The van der Waals surface area contributed by atoms with Crippen LogP contribution in [0.4, 0.5) is 0 Å². The molecule has 1 atom stereocenters. The molecule has 0 unspecified atom stereocenters. The molecule has 0 fully saturated rings. The second kappa shape index (κ2) is 8.14. The highest BCUT2D eigenvalue weighted by Crippen LogP contribution is 2.23. The van der Waals surface area contributed by atoms with E-state index in [1.54, 1.807) is 16.7 Å². The highest BCUT2D eigenvalue weighted by atomic mass is 32.1. The molecule has 0 spiro atoms. The molecule has 0 saturated heterocycles. The Bertz CT molecular complexity index is 909. The monoisotopic (exact) mass is 369 g/mol. The third-order valence-electron chi connectivity index (χ3n) is 4.51. The Morgan fingerprint density at radius 1 is 1.15 bits per heavy atom. The largest absolute Gasteiger partial charge is 0.304 e. The molecule has 3 rings (SSSR count). The number of aromatic nitrogens is 2. The fourth-order valence-corrected chi connectivity index (χ4v) is 4.00. The molecule has 2 heterocycles. The summed E-state index contributed by atoms with van der Waals surface area (Å²) in [5.41, 5.74) is 3.43. The lowest BCUT2D eigenvalue weighted by Gasteiger charge is -2.23. The minimum absolute atomic E-state index is 0.0211. The van der Waals surface area contributed by atoms with Crippen molar-refractivity contribution in [2.24, 2.45) is 11.8 Å². The smallest absolute Gasteiger partial charge is 0.258 e. The van der Waals surface area contributed by atoms with Gasteiger partial charge in [0.25, 0.3) is 5.56 Å². The summed E-state index contributed by atoms with van der Waals surface area (Å²) in [5, 5.41) is 5.48. The summed E-state index contributed by atoms with van der Waals surface area (Å²) in [5.74, 6) is 1.11. The van der Waals surface area contributed by atoms with Crippen LogP contribution in [0.15, 0.2) is 46.7 Å². The lowest BCUT2D eigenvalue weighted by atomic mass is 9.93. The SMILES string of the molecule is CC(C)Cc1ccc([C@H](NCc2cc(=O)n3ccsc3n2)C(C)C)cc1. The van der Waals surface area contributed by atoms with Crippen molar-refractivity contribution in [3.8, 4) is 0 Å². The van der Waals surface area contributed by atoms with E-state index in [2.05, 4.69) is 62.3 Å². The molecule has 3 aromatic rings. The maximum absolute atomic E-state index is 12.1. The molecule has 5 heteroatoms. The zero-order valence-electron chi connectivity index (χ0n) is 15.9. The molecular weight excluding hydrogens is 342 g/mol. The Balaban J connectivity index is 1.74. The fourth-order valence-electron chi connectivity index (χ4n) is 3.26. The third-order valence-corrected chi connectivity index (χ3v) is 5.27. The van der Waals surface area contributed by atoms with Gasteiger partial charge in [0.2, 0.25) is 0 Å². The van der Waals surface area contributed by atoms with Crippen LogP contribution in [0, 0.1) is 11.8 Å². The molecule has 2 aromatic heterocycles. The van der Waals surface area contributed by atoms with Crippen molar-refractivity contribution >= 4 is 16.3 Å². The minimum Gasteiger partial charge on any atom is -0.304 e. The topological polar surface area (TPSA) is 46.4 Å². The van der Waals surface area contributed by atoms with Gasteiger partial charge in [0, 0.05) is 30.2 Å². The first-order valence-electron chi connectivity index (χ1n) is 9.22. The van der Waals surface area contributed by atoms with Crippen LogP contribution in [-0.4, -0.2) is 9.38 Å². The van der Waals surface area contributed by atoms with Crippen molar-refractivity contribution in [2.45, 2.75) is 46.7 Å². The van der Waals surface area contributed by atoms with Gasteiger partial charge in [-0.25, -0.2) is 4.98 Å². The maximum Gasteiger partial charge on any atom is 0.258 e. The van der Waals surface area contributed by atoms with Crippen LogP contribution in [0.3, 0.4) is 0 Å². The first-order chi connectivity index (χ1) is 12.4. The van der Waals surface area contributed by atoms with Crippen LogP contribution in [0.1, 0.15) is 50.6 Å². The number of nitrogens with zero attached hydrogens (tertiary/aromatic N) is 2. The summed E-state index contributed by atoms with van der Waals surface area (Å²) in [6.07, 6.45) is 2.87. The van der Waals surface area contributed by atoms with E-state index < -0.39 is 0 Å². The van der Waals surface area contributed by atoms with Crippen LogP contribution in [0.25, 0.3) is 4.96 Å². The molecule has 0 bridgehead atoms. The van der Waals surface area contributed by atoms with E-state index in [1.165, 1.54) is 22.5 Å². The third kappa shape index (κ3) is 4.40. The van der Waals surface area contributed by atoms with E-state index in [1.807, 2.05) is 5.38 Å². The van der Waals surface area contributed by atoms with Crippen LogP contribution < -0.4 is 10.9 Å². The van der Waals surface area contributed by atoms with Crippen molar-refractivity contribution in [1.82, 2.24) is 14.7 Å². The molecule has 0 radical (unpaired) electrons. The van der Waals surface area contributed by atoms with Crippen molar-refractivity contribution in [3.63, 3.8) is 0 Å². The summed E-state index contributed by atoms with van der Waals surface area (Å²) < 4.78 is 1.58. The van der Waals surface area contributed by atoms with Gasteiger partial charge in [0.05, 0.1) is 5.69 Å². The molecule has 0 saturated carbocycles. The molecule has 1 aromatic carbocycles. The van der Waals surface area contributed by atoms with Gasteiger partial charge in [0.1, 0.15) is 0 Å². The van der Waals surface area contributed by atoms with E-state index in [4.69, 9.17) is 0 Å². The second-order valence-electron chi connectivity index (χ2n) is 7.58. The summed E-state index contributed by atoms with van der Waals surface area (Å²) in [6, 6.07) is 10.8. The highest BCUT2D eigenvalue weighted by Gasteiger charge is 2.16. The Hall–Kier alpha value is -1.98. The van der Waals surface area contributed by atoms with Crippen LogP contribution >= 0.6 is 11.3 Å². The van der Waals surface area contributed by atoms with Crippen molar-refractivity contribution in [3.05, 3.63) is 69.1 Å². The molecule has 4 nitrogen and oxygen atoms in total. The second-order valence-corrected chi connectivity index (χ2v) is 8.46. The summed E-state index contributed by atoms with van der Waals surface area (Å²) >= 11 is 1.48. The van der Waals surface area contributed by atoms with Crippen LogP contribution in [0.2, 0.25) is 0 Å². The van der Waals surface area contributed by atoms with Gasteiger partial charge >= 0.3 is 0 Å². The first-order valence-corrected chi connectivity index (χ1v) is 10.1. The normalized spacial score (nSPS) is 13.0. The van der Waals surface area contributed by atoms with Gasteiger partial charge in [-0.15, -0.1) is 11.3 Å². The first kappa shape index (κ1) is 18.8. The van der Waals surface area contributed by atoms with E-state index >= 15 is 0 Å². The van der Waals surface area contributed by atoms with Gasteiger partial charge in [-0.05, 0) is 29.4 Å². The van der Waals surface area contributed by atoms with Crippen molar-refractivity contribution in [1.29, 1.82) is 0 Å². The van der Waals surface area contributed by atoms with Crippen LogP contribution in [0.5, 0.6) is 0 Å². The molecule has 0 aliphatic rings. The number of benzene rings is 1. The van der Waals surface area contributed by atoms with Crippen molar-refractivity contribution < 1.29 is 0 Å². The van der Waals surface area contributed by atoms with Gasteiger partial charge in [-0.2, -0.15) is 0 Å². The van der Waals surface area contributed by atoms with Gasteiger partial charge in [-0.1, -0.05) is 52.0 Å². The van der Waals surface area contributed by atoms with Crippen molar-refractivity contribution in [2.75, 3.05) is 0 Å². The number of thiazole rings is 1. The standard InChI is InChI=1S/C21H27N3OS/c1-14(2)11-16-5-7-17(8-6-16)20(15(3)4)22-13-18-12-19(25)24-9-10-26-21(24)23-18/h5-10,12,14-15,20,22H,11,13H2,1-4H3/t20-/m1/s1. The number of hydrogen-bond acceptors (Lipinski definition) is 4. The van der Waals surface area contributed by atoms with Gasteiger partial charge in [0.15, 0.2) is 4.96 Å². The maximum atomic E-state index is 12.1. The molecule has 0 amide bonds. The molecule has 0 aliphatic heterocycles. The zero-order chi connectivity index (χ0) is 18.7. The van der Waals surface area contributed by atoms with E-state index in [9.17, 15) is 4.79 Å². The number of fused-ring (bicyclic) bond motifs is 1. The van der Waals surface area contributed by atoms with Crippen LogP contribution in [-0.2, 0) is 13.0 Å². The fraction of sp³-hybridized carbons (Fsp3) is 0.429. The molecule has 138 valence electrons. The molecular formula is C21H27N3OS. The predicted molar refractivity (Wildman–Crippen MR) is 109 cm³/mol. The molecule has 0 aliphatic carbocycles. The van der Waals surface area contributed by atoms with E-state index in [-0.39, 0.29) is 11.6 Å². The number of rotatable bonds is 7. The Morgan fingerprint density at radius 3 is 2.54 bits per heavy atom. The Kier molecular flexibility index (Phi) is 5.89. The average molecular weight is 370 g/mol. The van der Waals surface area contributed by atoms with E-state index in [0.717, 1.165) is 17.1 Å². The summed E-state index contributed by atoms with van der Waals surface area (Å²) in [4.78, 5) is 17.5. The van der Waals surface area contributed by atoms with Gasteiger partial charge in [-0.3, -0.25) is 9.20 Å². The highest BCUT2D eigenvalue weighted by molar-refractivity contribution is 7.15. The van der Waals surface area contributed by atoms with E-state index in [0.29, 0.717) is 18.4 Å². The minimum atomic E-state index is -0.0211. The summed E-state index contributed by atoms with van der Waals surface area (Å²) in [7, 11) is 0.